The van der Waals surface area contributed by atoms with Crippen LogP contribution >= 0.6 is 0 Å². The molecule has 0 aliphatic carbocycles. The van der Waals surface area contributed by atoms with Crippen molar-refractivity contribution in [3.8, 4) is 5.75 Å². The van der Waals surface area contributed by atoms with Crippen molar-refractivity contribution in [1.29, 1.82) is 0 Å². The molecule has 2 aromatic carbocycles. The van der Waals surface area contributed by atoms with Crippen LogP contribution < -0.4 is 4.74 Å². The normalized spacial score (nSPS) is 10.4. The van der Waals surface area contributed by atoms with Crippen molar-refractivity contribution < 1.29 is 14.3 Å². The second kappa shape index (κ2) is 7.14. The van der Waals surface area contributed by atoms with Crippen molar-refractivity contribution >= 4 is 12.0 Å². The van der Waals surface area contributed by atoms with Gasteiger partial charge >= 0.3 is 5.97 Å². The average molecular weight is 268 g/mol. The molecule has 20 heavy (non-hydrogen) atoms. The van der Waals surface area contributed by atoms with Crippen molar-refractivity contribution in [3.63, 3.8) is 0 Å². The maximum atomic E-state index is 11.3. The zero-order chi connectivity index (χ0) is 14.2. The molecule has 0 aliphatic rings. The molecule has 0 amide bonds. The maximum absolute atomic E-state index is 11.3. The first-order chi connectivity index (χ1) is 9.79. The highest BCUT2D eigenvalue weighted by Crippen LogP contribution is 2.13. The van der Waals surface area contributed by atoms with E-state index in [9.17, 15) is 4.79 Å². The molecule has 0 fully saturated rings. The number of ether oxygens (including phenoxy) is 2. The van der Waals surface area contributed by atoms with Crippen LogP contribution in [0, 0.1) is 0 Å². The lowest BCUT2D eigenvalue weighted by Gasteiger charge is -2.04. The summed E-state index contributed by atoms with van der Waals surface area (Å²) in [5.74, 6) is 0.371. The van der Waals surface area contributed by atoms with Crippen LogP contribution in [0.3, 0.4) is 0 Å². The summed E-state index contributed by atoms with van der Waals surface area (Å²) in [6.45, 7) is 0.479. The molecule has 0 heterocycles. The lowest BCUT2D eigenvalue weighted by atomic mass is 10.2. The first kappa shape index (κ1) is 13.9. The van der Waals surface area contributed by atoms with Crippen molar-refractivity contribution in [2.24, 2.45) is 0 Å². The van der Waals surface area contributed by atoms with Gasteiger partial charge in [0.1, 0.15) is 12.4 Å². The van der Waals surface area contributed by atoms with Gasteiger partial charge in [0.25, 0.3) is 0 Å². The first-order valence-corrected chi connectivity index (χ1v) is 6.32. The Morgan fingerprint density at radius 1 is 1.05 bits per heavy atom. The number of carbonyl (C=O) groups excluding carboxylic acids is 1. The summed E-state index contributed by atoms with van der Waals surface area (Å²) in [6, 6.07) is 16.9. The fraction of sp³-hybridized carbons (Fsp3) is 0.118. The Morgan fingerprint density at radius 2 is 1.75 bits per heavy atom. The van der Waals surface area contributed by atoms with Crippen LogP contribution in [0.5, 0.6) is 5.75 Å². The lowest BCUT2D eigenvalue weighted by Crippen LogP contribution is -2.01. The number of esters is 1. The zero-order valence-corrected chi connectivity index (χ0v) is 11.3. The average Bonchev–Trinajstić information content (AvgIpc) is 2.52. The van der Waals surface area contributed by atoms with Gasteiger partial charge in [-0.1, -0.05) is 36.4 Å². The van der Waals surface area contributed by atoms with Gasteiger partial charge in [-0.15, -0.1) is 0 Å². The number of rotatable bonds is 5. The summed E-state index contributed by atoms with van der Waals surface area (Å²) >= 11 is 0. The Bertz CT molecular complexity index is 571. The molecule has 0 aliphatic heterocycles. The predicted octanol–water partition coefficient (Wildman–Crippen LogP) is 3.57. The number of hydrogen-bond acceptors (Lipinski definition) is 3. The third-order valence-corrected chi connectivity index (χ3v) is 2.73. The molecule has 0 aromatic heterocycles. The molecule has 0 spiro atoms. The van der Waals surface area contributed by atoms with Crippen LogP contribution in [-0.2, 0) is 4.74 Å². The van der Waals surface area contributed by atoms with Crippen LogP contribution in [0.15, 0.2) is 60.7 Å². The second-order valence-electron chi connectivity index (χ2n) is 4.14. The van der Waals surface area contributed by atoms with Crippen LogP contribution in [-0.4, -0.2) is 19.7 Å². The van der Waals surface area contributed by atoms with E-state index in [4.69, 9.17) is 4.74 Å². The molecular weight excluding hydrogens is 252 g/mol. The SMILES string of the molecule is COC(=O)c1ccc(OCC=Cc2ccccc2)cc1. The molecular formula is C17H16O3. The Labute approximate surface area is 118 Å². The van der Waals surface area contributed by atoms with E-state index < -0.39 is 0 Å². The number of benzene rings is 2. The Morgan fingerprint density at radius 3 is 2.40 bits per heavy atom. The highest BCUT2D eigenvalue weighted by atomic mass is 16.5. The van der Waals surface area contributed by atoms with Crippen molar-refractivity contribution in [1.82, 2.24) is 0 Å². The van der Waals surface area contributed by atoms with E-state index >= 15 is 0 Å². The molecule has 0 bridgehead atoms. The summed E-state index contributed by atoms with van der Waals surface area (Å²) in [5.41, 5.74) is 1.65. The summed E-state index contributed by atoms with van der Waals surface area (Å²) in [7, 11) is 1.36. The summed E-state index contributed by atoms with van der Waals surface area (Å²) in [4.78, 5) is 11.3. The van der Waals surface area contributed by atoms with Crippen LogP contribution in [0.2, 0.25) is 0 Å². The van der Waals surface area contributed by atoms with Gasteiger partial charge in [-0.25, -0.2) is 4.79 Å². The number of methoxy groups -OCH3 is 1. The zero-order valence-electron chi connectivity index (χ0n) is 11.3. The van der Waals surface area contributed by atoms with E-state index in [0.717, 1.165) is 11.3 Å². The fourth-order valence-corrected chi connectivity index (χ4v) is 1.70. The van der Waals surface area contributed by atoms with E-state index in [2.05, 4.69) is 4.74 Å². The van der Waals surface area contributed by atoms with Gasteiger partial charge < -0.3 is 9.47 Å². The van der Waals surface area contributed by atoms with Crippen LogP contribution in [0.1, 0.15) is 15.9 Å². The van der Waals surface area contributed by atoms with Gasteiger partial charge in [0.05, 0.1) is 12.7 Å². The van der Waals surface area contributed by atoms with Gasteiger partial charge in [0, 0.05) is 0 Å². The number of hydrogen-bond donors (Lipinski definition) is 0. The Hall–Kier alpha value is -2.55. The molecule has 0 N–H and O–H groups in total. The number of carbonyl (C=O) groups is 1. The third-order valence-electron chi connectivity index (χ3n) is 2.73. The van der Waals surface area contributed by atoms with Gasteiger partial charge in [-0.05, 0) is 35.9 Å². The van der Waals surface area contributed by atoms with Crippen molar-refractivity contribution in [2.45, 2.75) is 0 Å². The third kappa shape index (κ3) is 3.99. The first-order valence-electron chi connectivity index (χ1n) is 6.32. The van der Waals surface area contributed by atoms with Crippen molar-refractivity contribution in [3.05, 3.63) is 71.8 Å². The molecule has 102 valence electrons. The minimum atomic E-state index is -0.347. The molecule has 0 saturated heterocycles. The van der Waals surface area contributed by atoms with Crippen LogP contribution in [0.4, 0.5) is 0 Å². The van der Waals surface area contributed by atoms with Crippen molar-refractivity contribution in [2.75, 3.05) is 13.7 Å². The molecule has 2 aromatic rings. The molecule has 3 nitrogen and oxygen atoms in total. The van der Waals surface area contributed by atoms with E-state index in [1.807, 2.05) is 42.5 Å². The Kier molecular flexibility index (Phi) is 4.95. The fourth-order valence-electron chi connectivity index (χ4n) is 1.70. The molecule has 0 unspecified atom stereocenters. The van der Waals surface area contributed by atoms with Crippen LogP contribution in [0.25, 0.3) is 6.08 Å². The van der Waals surface area contributed by atoms with Gasteiger partial charge in [0.15, 0.2) is 0 Å². The highest BCUT2D eigenvalue weighted by Gasteiger charge is 2.03. The molecule has 3 heteroatoms. The Balaban J connectivity index is 1.85. The largest absolute Gasteiger partial charge is 0.490 e. The maximum Gasteiger partial charge on any atom is 0.337 e. The monoisotopic (exact) mass is 268 g/mol. The lowest BCUT2D eigenvalue weighted by molar-refractivity contribution is 0.0600. The highest BCUT2D eigenvalue weighted by molar-refractivity contribution is 5.89. The minimum absolute atomic E-state index is 0.347. The van der Waals surface area contributed by atoms with E-state index in [1.54, 1.807) is 24.3 Å². The standard InChI is InChI=1S/C17H16O3/c1-19-17(18)15-9-11-16(12-10-15)20-13-5-8-14-6-3-2-4-7-14/h2-12H,13H2,1H3. The van der Waals surface area contributed by atoms with E-state index in [-0.39, 0.29) is 5.97 Å². The summed E-state index contributed by atoms with van der Waals surface area (Å²) in [5, 5.41) is 0. The van der Waals surface area contributed by atoms with Gasteiger partial charge in [-0.2, -0.15) is 0 Å². The molecule has 0 radical (unpaired) electrons. The minimum Gasteiger partial charge on any atom is -0.490 e. The smallest absolute Gasteiger partial charge is 0.337 e. The molecule has 0 saturated carbocycles. The quantitative estimate of drug-likeness (QED) is 0.778. The van der Waals surface area contributed by atoms with E-state index in [1.165, 1.54) is 7.11 Å². The predicted molar refractivity (Wildman–Crippen MR) is 78.8 cm³/mol. The second-order valence-corrected chi connectivity index (χ2v) is 4.14. The van der Waals surface area contributed by atoms with Gasteiger partial charge in [0.2, 0.25) is 0 Å². The molecule has 0 atom stereocenters. The topological polar surface area (TPSA) is 35.5 Å². The molecule has 2 rings (SSSR count). The van der Waals surface area contributed by atoms with Gasteiger partial charge in [-0.3, -0.25) is 0 Å². The van der Waals surface area contributed by atoms with E-state index in [0.29, 0.717) is 12.2 Å². The summed E-state index contributed by atoms with van der Waals surface area (Å²) in [6.07, 6.45) is 3.95. The summed E-state index contributed by atoms with van der Waals surface area (Å²) < 4.78 is 10.2.